The van der Waals surface area contributed by atoms with E-state index < -0.39 is 0 Å². The van der Waals surface area contributed by atoms with Crippen LogP contribution in [0.3, 0.4) is 0 Å². The normalized spacial score (nSPS) is 11.5. The average molecular weight is 396 g/mol. The Morgan fingerprint density at radius 1 is 0.857 bits per heavy atom. The number of rotatable bonds is 9. The van der Waals surface area contributed by atoms with Gasteiger partial charge in [-0.3, -0.25) is 0 Å². The topological polar surface area (TPSA) is 21.3 Å². The molecule has 1 unspecified atom stereocenters. The van der Waals surface area contributed by atoms with Crippen LogP contribution >= 0.6 is 12.4 Å². The third-order valence-electron chi connectivity index (χ3n) is 4.81. The van der Waals surface area contributed by atoms with Crippen LogP contribution in [0.1, 0.15) is 48.1 Å². The summed E-state index contributed by atoms with van der Waals surface area (Å²) < 4.78 is 6.12. The van der Waals surface area contributed by atoms with E-state index in [0.717, 1.165) is 25.1 Å². The van der Waals surface area contributed by atoms with Gasteiger partial charge in [0, 0.05) is 18.2 Å². The van der Waals surface area contributed by atoms with Crippen LogP contribution < -0.4 is 10.1 Å². The van der Waals surface area contributed by atoms with Crippen molar-refractivity contribution in [2.24, 2.45) is 0 Å². The highest BCUT2D eigenvalue weighted by molar-refractivity contribution is 5.85. The molecule has 3 aromatic carbocycles. The molecule has 3 heteroatoms. The van der Waals surface area contributed by atoms with Crippen molar-refractivity contribution in [3.05, 3.63) is 101 Å². The van der Waals surface area contributed by atoms with Gasteiger partial charge in [0.2, 0.25) is 0 Å². The fourth-order valence-corrected chi connectivity index (χ4v) is 3.23. The number of halogens is 1. The minimum absolute atomic E-state index is 0. The molecule has 3 rings (SSSR count). The fraction of sp³-hybridized carbons (Fsp3) is 0.280. The minimum Gasteiger partial charge on any atom is -0.489 e. The SMILES string of the molecule is CCCC(NCc1ccccc1OCc1ccc(C)cc1)c1ccccc1.Cl. The summed E-state index contributed by atoms with van der Waals surface area (Å²) in [6, 6.07) is 27.9. The van der Waals surface area contributed by atoms with Gasteiger partial charge in [0.05, 0.1) is 0 Å². The largest absolute Gasteiger partial charge is 0.489 e. The molecule has 0 heterocycles. The number of hydrogen-bond donors (Lipinski definition) is 1. The second kappa shape index (κ2) is 11.5. The smallest absolute Gasteiger partial charge is 0.124 e. The zero-order chi connectivity index (χ0) is 18.9. The van der Waals surface area contributed by atoms with Crippen LogP contribution in [0.2, 0.25) is 0 Å². The third kappa shape index (κ3) is 6.40. The van der Waals surface area contributed by atoms with Crippen LogP contribution in [0.15, 0.2) is 78.9 Å². The molecule has 0 aromatic heterocycles. The van der Waals surface area contributed by atoms with Crippen LogP contribution in [0.4, 0.5) is 0 Å². The summed E-state index contributed by atoms with van der Waals surface area (Å²) in [6.07, 6.45) is 2.27. The first-order valence-corrected chi connectivity index (χ1v) is 9.81. The van der Waals surface area contributed by atoms with Gasteiger partial charge in [0.25, 0.3) is 0 Å². The van der Waals surface area contributed by atoms with E-state index >= 15 is 0 Å². The Hall–Kier alpha value is -2.29. The summed E-state index contributed by atoms with van der Waals surface area (Å²) in [6.45, 7) is 5.72. The molecular formula is C25H30ClNO. The second-order valence-corrected chi connectivity index (χ2v) is 7.01. The number of hydrogen-bond acceptors (Lipinski definition) is 2. The monoisotopic (exact) mass is 395 g/mol. The molecule has 3 aromatic rings. The highest BCUT2D eigenvalue weighted by Crippen LogP contribution is 2.23. The molecule has 148 valence electrons. The molecule has 0 fully saturated rings. The van der Waals surface area contributed by atoms with Crippen molar-refractivity contribution in [1.82, 2.24) is 5.32 Å². The van der Waals surface area contributed by atoms with Gasteiger partial charge in [-0.2, -0.15) is 0 Å². The van der Waals surface area contributed by atoms with E-state index in [0.29, 0.717) is 12.6 Å². The van der Waals surface area contributed by atoms with E-state index in [9.17, 15) is 0 Å². The van der Waals surface area contributed by atoms with Crippen molar-refractivity contribution >= 4 is 12.4 Å². The summed E-state index contributed by atoms with van der Waals surface area (Å²) in [4.78, 5) is 0. The van der Waals surface area contributed by atoms with Crippen molar-refractivity contribution in [3.63, 3.8) is 0 Å². The number of benzene rings is 3. The van der Waals surface area contributed by atoms with Crippen LogP contribution in [0, 0.1) is 6.92 Å². The van der Waals surface area contributed by atoms with Gasteiger partial charge in [0.15, 0.2) is 0 Å². The molecule has 0 spiro atoms. The number of nitrogens with one attached hydrogen (secondary N) is 1. The Morgan fingerprint density at radius 2 is 1.54 bits per heavy atom. The maximum atomic E-state index is 6.12. The lowest BCUT2D eigenvalue weighted by Gasteiger charge is -2.20. The molecule has 0 aliphatic heterocycles. The molecule has 0 aliphatic rings. The fourth-order valence-electron chi connectivity index (χ4n) is 3.23. The Kier molecular flexibility index (Phi) is 9.06. The van der Waals surface area contributed by atoms with Gasteiger partial charge in [0.1, 0.15) is 12.4 Å². The van der Waals surface area contributed by atoms with E-state index in [4.69, 9.17) is 4.74 Å². The summed E-state index contributed by atoms with van der Waals surface area (Å²) >= 11 is 0. The molecule has 0 aliphatic carbocycles. The van der Waals surface area contributed by atoms with Crippen LogP contribution in [0.5, 0.6) is 5.75 Å². The Morgan fingerprint density at radius 3 is 2.25 bits per heavy atom. The van der Waals surface area contributed by atoms with Gasteiger partial charge in [-0.05, 0) is 30.5 Å². The first kappa shape index (κ1) is 22.0. The van der Waals surface area contributed by atoms with Gasteiger partial charge in [-0.1, -0.05) is 91.7 Å². The highest BCUT2D eigenvalue weighted by atomic mass is 35.5. The van der Waals surface area contributed by atoms with Crippen molar-refractivity contribution in [2.75, 3.05) is 0 Å². The number of aryl methyl sites for hydroxylation is 1. The minimum atomic E-state index is 0. The maximum absolute atomic E-state index is 6.12. The molecule has 2 nitrogen and oxygen atoms in total. The first-order chi connectivity index (χ1) is 13.3. The molecule has 1 N–H and O–H groups in total. The average Bonchev–Trinajstić information content (AvgIpc) is 2.72. The zero-order valence-corrected chi connectivity index (χ0v) is 17.5. The van der Waals surface area contributed by atoms with Gasteiger partial charge in [-0.15, -0.1) is 12.4 Å². The molecule has 0 saturated heterocycles. The molecule has 0 radical (unpaired) electrons. The predicted octanol–water partition coefficient (Wildman–Crippen LogP) is 6.63. The van der Waals surface area contributed by atoms with E-state index in [1.165, 1.54) is 22.3 Å². The number of para-hydroxylation sites is 1. The molecule has 0 amide bonds. The van der Waals surface area contributed by atoms with Gasteiger partial charge in [-0.25, -0.2) is 0 Å². The predicted molar refractivity (Wildman–Crippen MR) is 120 cm³/mol. The first-order valence-electron chi connectivity index (χ1n) is 9.81. The summed E-state index contributed by atoms with van der Waals surface area (Å²) in [5.41, 5.74) is 5.00. The summed E-state index contributed by atoms with van der Waals surface area (Å²) in [5.74, 6) is 0.953. The molecule has 0 bridgehead atoms. The van der Waals surface area contributed by atoms with Crippen molar-refractivity contribution in [2.45, 2.75) is 45.9 Å². The van der Waals surface area contributed by atoms with Gasteiger partial charge < -0.3 is 10.1 Å². The third-order valence-corrected chi connectivity index (χ3v) is 4.81. The lowest BCUT2D eigenvalue weighted by Crippen LogP contribution is -2.21. The van der Waals surface area contributed by atoms with E-state index in [2.05, 4.69) is 92.0 Å². The molecule has 1 atom stereocenters. The van der Waals surface area contributed by atoms with E-state index in [-0.39, 0.29) is 12.4 Å². The molecule has 28 heavy (non-hydrogen) atoms. The lowest BCUT2D eigenvalue weighted by atomic mass is 10.0. The summed E-state index contributed by atoms with van der Waals surface area (Å²) in [7, 11) is 0. The number of ether oxygens (including phenoxy) is 1. The van der Waals surface area contributed by atoms with E-state index in [1.807, 2.05) is 6.07 Å². The van der Waals surface area contributed by atoms with E-state index in [1.54, 1.807) is 0 Å². The van der Waals surface area contributed by atoms with Crippen molar-refractivity contribution < 1.29 is 4.74 Å². The van der Waals surface area contributed by atoms with Crippen molar-refractivity contribution in [1.29, 1.82) is 0 Å². The zero-order valence-electron chi connectivity index (χ0n) is 16.7. The van der Waals surface area contributed by atoms with Crippen LogP contribution in [-0.4, -0.2) is 0 Å². The van der Waals surface area contributed by atoms with Crippen LogP contribution in [-0.2, 0) is 13.2 Å². The van der Waals surface area contributed by atoms with Crippen molar-refractivity contribution in [3.8, 4) is 5.75 Å². The Balaban J connectivity index is 0.00000280. The standard InChI is InChI=1S/C25H29NO.ClH/c1-3-9-24(22-10-5-4-6-11-22)26-18-23-12-7-8-13-25(23)27-19-21-16-14-20(2)15-17-21;/h4-8,10-17,24,26H,3,9,18-19H2,1-2H3;1H. The lowest BCUT2D eigenvalue weighted by molar-refractivity contribution is 0.301. The van der Waals surface area contributed by atoms with Gasteiger partial charge >= 0.3 is 0 Å². The Labute approximate surface area is 175 Å². The maximum Gasteiger partial charge on any atom is 0.124 e. The van der Waals surface area contributed by atoms with Crippen LogP contribution in [0.25, 0.3) is 0 Å². The highest BCUT2D eigenvalue weighted by Gasteiger charge is 2.11. The molecular weight excluding hydrogens is 366 g/mol. The quantitative estimate of drug-likeness (QED) is 0.439. The molecule has 0 saturated carbocycles. The Bertz CT molecular complexity index is 817. The second-order valence-electron chi connectivity index (χ2n) is 7.01. The summed E-state index contributed by atoms with van der Waals surface area (Å²) in [5, 5.41) is 3.72.